The molecule has 2 N–H and O–H groups in total. The molecule has 0 saturated heterocycles. The van der Waals surface area contributed by atoms with E-state index in [0.29, 0.717) is 36.4 Å². The number of rotatable bonds is 9. The van der Waals surface area contributed by atoms with Gasteiger partial charge in [-0.05, 0) is 69.5 Å². The molecule has 1 amide bonds. The van der Waals surface area contributed by atoms with Gasteiger partial charge in [0.05, 0.1) is 11.0 Å². The van der Waals surface area contributed by atoms with Crippen molar-refractivity contribution < 1.29 is 17.9 Å². The standard InChI is InChI=1S/C21H28N2O4S/c1-15(2)27-12-6-11-22-21(24)20-14-19(10-9-17(20)4)28(25,26)23-18-8-5-7-16(3)13-18/h5,7-10,13-15,23H,6,11-12H2,1-4H3,(H,22,24). The van der Waals surface area contributed by atoms with Gasteiger partial charge in [-0.3, -0.25) is 9.52 Å². The normalized spacial score (nSPS) is 11.5. The van der Waals surface area contributed by atoms with Gasteiger partial charge in [0.2, 0.25) is 0 Å². The molecule has 0 spiro atoms. The van der Waals surface area contributed by atoms with E-state index < -0.39 is 10.0 Å². The molecule has 2 rings (SSSR count). The molecule has 0 atom stereocenters. The van der Waals surface area contributed by atoms with Gasteiger partial charge in [-0.1, -0.05) is 18.2 Å². The quantitative estimate of drug-likeness (QED) is 0.625. The minimum absolute atomic E-state index is 0.0490. The van der Waals surface area contributed by atoms with Crippen molar-refractivity contribution >= 4 is 21.6 Å². The van der Waals surface area contributed by atoms with Gasteiger partial charge < -0.3 is 10.1 Å². The zero-order valence-corrected chi connectivity index (χ0v) is 17.6. The van der Waals surface area contributed by atoms with E-state index in [4.69, 9.17) is 4.74 Å². The number of amides is 1. The predicted molar refractivity (Wildman–Crippen MR) is 111 cm³/mol. The molecule has 0 radical (unpaired) electrons. The van der Waals surface area contributed by atoms with Crippen molar-refractivity contribution in [2.24, 2.45) is 0 Å². The van der Waals surface area contributed by atoms with E-state index in [1.807, 2.05) is 26.8 Å². The van der Waals surface area contributed by atoms with Crippen molar-refractivity contribution in [3.63, 3.8) is 0 Å². The van der Waals surface area contributed by atoms with Gasteiger partial charge in [-0.15, -0.1) is 0 Å². The van der Waals surface area contributed by atoms with Crippen LogP contribution in [0.5, 0.6) is 0 Å². The second-order valence-corrected chi connectivity index (χ2v) is 8.66. The average Bonchev–Trinajstić information content (AvgIpc) is 2.60. The number of carbonyl (C=O) groups is 1. The summed E-state index contributed by atoms with van der Waals surface area (Å²) < 4.78 is 33.4. The number of carbonyl (C=O) groups excluding carboxylic acids is 1. The van der Waals surface area contributed by atoms with E-state index in [0.717, 1.165) is 5.56 Å². The molecular formula is C21H28N2O4S. The Morgan fingerprint density at radius 1 is 1.11 bits per heavy atom. The van der Waals surface area contributed by atoms with E-state index in [2.05, 4.69) is 10.0 Å². The molecule has 0 aliphatic rings. The second-order valence-electron chi connectivity index (χ2n) is 6.98. The number of hydrogen-bond donors (Lipinski definition) is 2. The summed E-state index contributed by atoms with van der Waals surface area (Å²) >= 11 is 0. The van der Waals surface area contributed by atoms with Gasteiger partial charge >= 0.3 is 0 Å². The first-order chi connectivity index (χ1) is 13.2. The fourth-order valence-corrected chi connectivity index (χ4v) is 3.70. The molecule has 7 heteroatoms. The zero-order valence-electron chi connectivity index (χ0n) is 16.8. The molecule has 2 aromatic rings. The molecule has 0 aliphatic carbocycles. The van der Waals surface area contributed by atoms with Crippen molar-refractivity contribution in [2.75, 3.05) is 17.9 Å². The summed E-state index contributed by atoms with van der Waals surface area (Å²) in [6.07, 6.45) is 0.844. The lowest BCUT2D eigenvalue weighted by Crippen LogP contribution is -2.26. The Morgan fingerprint density at radius 2 is 1.86 bits per heavy atom. The molecule has 0 bridgehead atoms. The van der Waals surface area contributed by atoms with Crippen LogP contribution in [0.1, 0.15) is 41.8 Å². The number of benzene rings is 2. The Morgan fingerprint density at radius 3 is 2.54 bits per heavy atom. The van der Waals surface area contributed by atoms with Crippen molar-refractivity contribution in [1.82, 2.24) is 5.32 Å². The van der Waals surface area contributed by atoms with E-state index in [1.165, 1.54) is 12.1 Å². The summed E-state index contributed by atoms with van der Waals surface area (Å²) in [6, 6.07) is 11.7. The van der Waals surface area contributed by atoms with Gasteiger partial charge in [0.25, 0.3) is 15.9 Å². The maximum absolute atomic E-state index is 12.7. The van der Waals surface area contributed by atoms with Crippen LogP contribution in [0.25, 0.3) is 0 Å². The Bertz CT molecular complexity index is 924. The van der Waals surface area contributed by atoms with Gasteiger partial charge in [-0.2, -0.15) is 0 Å². The van der Waals surface area contributed by atoms with Crippen LogP contribution in [0.4, 0.5) is 5.69 Å². The number of hydrogen-bond acceptors (Lipinski definition) is 4. The molecule has 0 heterocycles. The van der Waals surface area contributed by atoms with E-state index >= 15 is 0 Å². The monoisotopic (exact) mass is 404 g/mol. The third kappa shape index (κ3) is 6.35. The molecular weight excluding hydrogens is 376 g/mol. The van der Waals surface area contributed by atoms with Gasteiger partial charge in [0.1, 0.15) is 0 Å². The molecule has 0 unspecified atom stereocenters. The van der Waals surface area contributed by atoms with Crippen LogP contribution in [0, 0.1) is 13.8 Å². The van der Waals surface area contributed by atoms with Crippen LogP contribution < -0.4 is 10.0 Å². The number of anilines is 1. The van der Waals surface area contributed by atoms with E-state index in [9.17, 15) is 13.2 Å². The Balaban J connectivity index is 2.10. The van der Waals surface area contributed by atoms with Crippen LogP contribution in [0.3, 0.4) is 0 Å². The second kappa shape index (κ2) is 9.71. The maximum atomic E-state index is 12.7. The van der Waals surface area contributed by atoms with E-state index in [-0.39, 0.29) is 16.9 Å². The van der Waals surface area contributed by atoms with Crippen LogP contribution >= 0.6 is 0 Å². The van der Waals surface area contributed by atoms with E-state index in [1.54, 1.807) is 31.2 Å². The van der Waals surface area contributed by atoms with Crippen LogP contribution in [-0.2, 0) is 14.8 Å². The van der Waals surface area contributed by atoms with Crippen LogP contribution in [0.15, 0.2) is 47.4 Å². The lowest BCUT2D eigenvalue weighted by molar-refractivity contribution is 0.0757. The SMILES string of the molecule is Cc1cccc(NS(=O)(=O)c2ccc(C)c(C(=O)NCCCOC(C)C)c2)c1. The fourth-order valence-electron chi connectivity index (χ4n) is 2.62. The number of nitrogens with one attached hydrogen (secondary N) is 2. The van der Waals surface area contributed by atoms with Crippen molar-refractivity contribution in [2.45, 2.75) is 45.1 Å². The number of sulfonamides is 1. The molecule has 152 valence electrons. The van der Waals surface area contributed by atoms with Crippen molar-refractivity contribution in [3.05, 3.63) is 59.2 Å². The highest BCUT2D eigenvalue weighted by atomic mass is 32.2. The first-order valence-corrected chi connectivity index (χ1v) is 10.8. The first-order valence-electron chi connectivity index (χ1n) is 9.29. The lowest BCUT2D eigenvalue weighted by Gasteiger charge is -2.12. The summed E-state index contributed by atoms with van der Waals surface area (Å²) in [6.45, 7) is 8.60. The fraction of sp³-hybridized carbons (Fsp3) is 0.381. The minimum atomic E-state index is -3.79. The average molecular weight is 405 g/mol. The summed E-state index contributed by atoms with van der Waals surface area (Å²) in [5, 5.41) is 2.82. The van der Waals surface area contributed by atoms with Crippen molar-refractivity contribution in [1.29, 1.82) is 0 Å². The molecule has 0 aliphatic heterocycles. The highest BCUT2D eigenvalue weighted by molar-refractivity contribution is 7.92. The molecule has 2 aromatic carbocycles. The summed E-state index contributed by atoms with van der Waals surface area (Å²) in [5.74, 6) is -0.297. The van der Waals surface area contributed by atoms with Gasteiger partial charge in [0.15, 0.2) is 0 Å². The van der Waals surface area contributed by atoms with Gasteiger partial charge in [-0.25, -0.2) is 8.42 Å². The molecule has 6 nitrogen and oxygen atoms in total. The van der Waals surface area contributed by atoms with Crippen LogP contribution in [-0.4, -0.2) is 33.6 Å². The number of ether oxygens (including phenoxy) is 1. The third-order valence-corrected chi connectivity index (χ3v) is 5.47. The van der Waals surface area contributed by atoms with Crippen LogP contribution in [0.2, 0.25) is 0 Å². The molecule has 0 aromatic heterocycles. The van der Waals surface area contributed by atoms with Gasteiger partial charge in [0, 0.05) is 24.4 Å². The number of aryl methyl sites for hydroxylation is 2. The topological polar surface area (TPSA) is 84.5 Å². The van der Waals surface area contributed by atoms with Crippen molar-refractivity contribution in [3.8, 4) is 0 Å². The summed E-state index contributed by atoms with van der Waals surface area (Å²) in [7, 11) is -3.79. The lowest BCUT2D eigenvalue weighted by atomic mass is 10.1. The first kappa shape index (κ1) is 21.9. The Kier molecular flexibility index (Phi) is 7.60. The Labute approximate surface area is 167 Å². The highest BCUT2D eigenvalue weighted by Gasteiger charge is 2.18. The Hall–Kier alpha value is -2.38. The third-order valence-electron chi connectivity index (χ3n) is 4.09. The predicted octanol–water partition coefficient (Wildman–Crippen LogP) is 3.65. The molecule has 28 heavy (non-hydrogen) atoms. The largest absolute Gasteiger partial charge is 0.379 e. The maximum Gasteiger partial charge on any atom is 0.261 e. The highest BCUT2D eigenvalue weighted by Crippen LogP contribution is 2.20. The summed E-state index contributed by atoms with van der Waals surface area (Å²) in [5.41, 5.74) is 2.49. The molecule has 0 saturated carbocycles. The smallest absolute Gasteiger partial charge is 0.261 e. The zero-order chi connectivity index (χ0) is 20.7. The summed E-state index contributed by atoms with van der Waals surface area (Å²) in [4.78, 5) is 12.5. The molecule has 0 fully saturated rings. The minimum Gasteiger partial charge on any atom is -0.379 e.